The molecule has 0 radical (unpaired) electrons. The predicted octanol–water partition coefficient (Wildman–Crippen LogP) is 4.51. The van der Waals surface area contributed by atoms with Crippen molar-refractivity contribution in [1.29, 1.82) is 0 Å². The average Bonchev–Trinajstić information content (AvgIpc) is 2.92. The lowest BCUT2D eigenvalue weighted by Gasteiger charge is -2.44. The van der Waals surface area contributed by atoms with Crippen LogP contribution in [-0.2, 0) is 0 Å². The fourth-order valence-corrected chi connectivity index (χ4v) is 5.60. The van der Waals surface area contributed by atoms with Crippen molar-refractivity contribution >= 4 is 0 Å². The SMILES string of the molecule is CN1C2=C(CC=C2)C2CCCCC2C2CCCCC21. The fourth-order valence-electron chi connectivity index (χ4n) is 5.60. The van der Waals surface area contributed by atoms with Crippen LogP contribution in [0.3, 0.4) is 0 Å². The van der Waals surface area contributed by atoms with Crippen LogP contribution in [0.1, 0.15) is 57.8 Å². The van der Waals surface area contributed by atoms with E-state index in [1.165, 1.54) is 57.8 Å². The van der Waals surface area contributed by atoms with Crippen molar-refractivity contribution in [3.8, 4) is 0 Å². The summed E-state index contributed by atoms with van der Waals surface area (Å²) < 4.78 is 0. The van der Waals surface area contributed by atoms with Gasteiger partial charge < -0.3 is 4.90 Å². The maximum atomic E-state index is 2.68. The topological polar surface area (TPSA) is 3.24 Å². The first kappa shape index (κ1) is 12.1. The van der Waals surface area contributed by atoms with Gasteiger partial charge in [0.1, 0.15) is 0 Å². The average molecular weight is 257 g/mol. The molecule has 4 unspecified atom stereocenters. The van der Waals surface area contributed by atoms with Crippen LogP contribution in [0.4, 0.5) is 0 Å². The van der Waals surface area contributed by atoms with Crippen LogP contribution in [-0.4, -0.2) is 18.0 Å². The quantitative estimate of drug-likeness (QED) is 0.617. The second-order valence-electron chi connectivity index (χ2n) is 7.20. The third kappa shape index (κ3) is 1.80. The van der Waals surface area contributed by atoms with Crippen molar-refractivity contribution in [3.05, 3.63) is 23.4 Å². The zero-order chi connectivity index (χ0) is 12.8. The van der Waals surface area contributed by atoms with E-state index >= 15 is 0 Å². The zero-order valence-electron chi connectivity index (χ0n) is 12.3. The first-order chi connectivity index (χ1) is 9.36. The molecular weight excluding hydrogens is 230 g/mol. The lowest BCUT2D eigenvalue weighted by molar-refractivity contribution is 0.0856. The van der Waals surface area contributed by atoms with E-state index in [1.807, 2.05) is 5.57 Å². The van der Waals surface area contributed by atoms with Crippen molar-refractivity contribution in [3.63, 3.8) is 0 Å². The summed E-state index contributed by atoms with van der Waals surface area (Å²) in [4.78, 5) is 2.68. The Labute approximate surface area is 117 Å². The molecule has 0 amide bonds. The molecule has 0 aromatic carbocycles. The first-order valence-electron chi connectivity index (χ1n) is 8.48. The van der Waals surface area contributed by atoms with Gasteiger partial charge in [0.15, 0.2) is 0 Å². The Hall–Kier alpha value is -0.720. The monoisotopic (exact) mass is 257 g/mol. The van der Waals surface area contributed by atoms with Gasteiger partial charge in [-0.2, -0.15) is 0 Å². The number of likely N-dealkylation sites (N-methyl/N-ethyl adjacent to an activating group) is 1. The summed E-state index contributed by atoms with van der Waals surface area (Å²) in [5, 5.41) is 0. The summed E-state index contributed by atoms with van der Waals surface area (Å²) in [5.41, 5.74) is 3.42. The van der Waals surface area contributed by atoms with Gasteiger partial charge in [-0.1, -0.05) is 31.8 Å². The van der Waals surface area contributed by atoms with Crippen molar-refractivity contribution in [2.45, 2.75) is 63.8 Å². The van der Waals surface area contributed by atoms with E-state index < -0.39 is 0 Å². The molecule has 1 aliphatic heterocycles. The standard InChI is InChI=1S/C18H27N/c1-19-17-11-5-4-9-15(17)13-7-2-3-8-14(13)16-10-6-12-18(16)19/h6,12-15,17H,2-5,7-11H2,1H3. The zero-order valence-corrected chi connectivity index (χ0v) is 12.3. The van der Waals surface area contributed by atoms with Gasteiger partial charge in [-0.25, -0.2) is 0 Å². The fraction of sp³-hybridized carbons (Fsp3) is 0.778. The minimum absolute atomic E-state index is 0.842. The minimum Gasteiger partial charge on any atom is -0.371 e. The highest BCUT2D eigenvalue weighted by atomic mass is 15.2. The van der Waals surface area contributed by atoms with Gasteiger partial charge in [0.25, 0.3) is 0 Å². The van der Waals surface area contributed by atoms with E-state index in [0.29, 0.717) is 0 Å². The smallest absolute Gasteiger partial charge is 0.0361 e. The molecular formula is C18H27N. The Morgan fingerprint density at radius 3 is 2.58 bits per heavy atom. The molecule has 4 atom stereocenters. The largest absolute Gasteiger partial charge is 0.371 e. The Morgan fingerprint density at radius 2 is 1.68 bits per heavy atom. The highest BCUT2D eigenvalue weighted by Gasteiger charge is 2.44. The molecule has 4 rings (SSSR count). The lowest BCUT2D eigenvalue weighted by Crippen LogP contribution is -2.42. The van der Waals surface area contributed by atoms with E-state index in [1.54, 1.807) is 5.70 Å². The number of hydrogen-bond acceptors (Lipinski definition) is 1. The molecule has 19 heavy (non-hydrogen) atoms. The summed E-state index contributed by atoms with van der Waals surface area (Å²) in [5.74, 6) is 2.92. The van der Waals surface area contributed by atoms with E-state index in [9.17, 15) is 0 Å². The van der Waals surface area contributed by atoms with Crippen LogP contribution in [0.2, 0.25) is 0 Å². The van der Waals surface area contributed by atoms with E-state index in [4.69, 9.17) is 0 Å². The third-order valence-corrected chi connectivity index (χ3v) is 6.42. The summed E-state index contributed by atoms with van der Waals surface area (Å²) in [6, 6.07) is 0.842. The molecule has 3 aliphatic carbocycles. The van der Waals surface area contributed by atoms with Crippen molar-refractivity contribution in [1.82, 2.24) is 4.90 Å². The molecule has 4 aliphatic rings. The highest BCUT2D eigenvalue weighted by Crippen LogP contribution is 2.51. The van der Waals surface area contributed by atoms with Crippen molar-refractivity contribution < 1.29 is 0 Å². The second-order valence-corrected chi connectivity index (χ2v) is 7.20. The molecule has 0 N–H and O–H groups in total. The van der Waals surface area contributed by atoms with E-state index in [0.717, 1.165) is 23.8 Å². The molecule has 0 bridgehead atoms. The van der Waals surface area contributed by atoms with Crippen molar-refractivity contribution in [2.24, 2.45) is 17.8 Å². The minimum atomic E-state index is 0.842. The van der Waals surface area contributed by atoms with Crippen LogP contribution < -0.4 is 0 Å². The normalized spacial score (nSPS) is 41.6. The van der Waals surface area contributed by atoms with Gasteiger partial charge >= 0.3 is 0 Å². The lowest BCUT2D eigenvalue weighted by atomic mass is 9.65. The summed E-state index contributed by atoms with van der Waals surface area (Å²) >= 11 is 0. The van der Waals surface area contributed by atoms with Crippen LogP contribution in [0.25, 0.3) is 0 Å². The number of allylic oxidation sites excluding steroid dienone is 3. The number of fused-ring (bicyclic) bond motifs is 4. The molecule has 0 saturated heterocycles. The van der Waals surface area contributed by atoms with Gasteiger partial charge in [0.2, 0.25) is 0 Å². The van der Waals surface area contributed by atoms with Gasteiger partial charge in [0, 0.05) is 18.8 Å². The van der Waals surface area contributed by atoms with Crippen LogP contribution in [0.15, 0.2) is 23.4 Å². The molecule has 1 heteroatoms. The van der Waals surface area contributed by atoms with Crippen LogP contribution in [0.5, 0.6) is 0 Å². The van der Waals surface area contributed by atoms with Crippen LogP contribution >= 0.6 is 0 Å². The molecule has 0 spiro atoms. The first-order valence-corrected chi connectivity index (χ1v) is 8.48. The maximum absolute atomic E-state index is 2.68. The van der Waals surface area contributed by atoms with E-state index in [-0.39, 0.29) is 0 Å². The highest BCUT2D eigenvalue weighted by molar-refractivity contribution is 5.37. The Balaban J connectivity index is 1.76. The summed E-state index contributed by atoms with van der Waals surface area (Å²) in [6.45, 7) is 0. The molecule has 1 nitrogen and oxygen atoms in total. The predicted molar refractivity (Wildman–Crippen MR) is 79.7 cm³/mol. The number of nitrogens with zero attached hydrogens (tertiary/aromatic N) is 1. The maximum Gasteiger partial charge on any atom is 0.0361 e. The molecule has 104 valence electrons. The summed E-state index contributed by atoms with van der Waals surface area (Å²) in [7, 11) is 2.38. The Morgan fingerprint density at radius 1 is 0.947 bits per heavy atom. The molecule has 0 aromatic rings. The molecule has 2 fully saturated rings. The second kappa shape index (κ2) is 4.68. The Bertz CT molecular complexity index is 419. The van der Waals surface area contributed by atoms with E-state index in [2.05, 4.69) is 24.1 Å². The number of rotatable bonds is 0. The summed E-state index contributed by atoms with van der Waals surface area (Å²) in [6.07, 6.45) is 17.9. The number of hydrogen-bond donors (Lipinski definition) is 0. The third-order valence-electron chi connectivity index (χ3n) is 6.42. The van der Waals surface area contributed by atoms with Gasteiger partial charge in [-0.05, 0) is 61.5 Å². The molecule has 0 aromatic heterocycles. The molecule has 1 heterocycles. The molecule has 2 saturated carbocycles. The van der Waals surface area contributed by atoms with Crippen molar-refractivity contribution in [2.75, 3.05) is 7.05 Å². The van der Waals surface area contributed by atoms with Gasteiger partial charge in [0.05, 0.1) is 0 Å². The van der Waals surface area contributed by atoms with Crippen LogP contribution in [0, 0.1) is 17.8 Å². The van der Waals surface area contributed by atoms with Gasteiger partial charge in [-0.15, -0.1) is 0 Å². The van der Waals surface area contributed by atoms with Gasteiger partial charge in [-0.3, -0.25) is 0 Å². The Kier molecular flexibility index (Phi) is 2.97.